The molecule has 2 rings (SSSR count). The van der Waals surface area contributed by atoms with Crippen LogP contribution in [0.25, 0.3) is 0 Å². The van der Waals surface area contributed by atoms with Crippen molar-refractivity contribution in [2.45, 2.75) is 90.1 Å². The number of nitrogens with one attached hydrogen (secondary N) is 1. The summed E-state index contributed by atoms with van der Waals surface area (Å²) in [6, 6.07) is 0.875. The van der Waals surface area contributed by atoms with Gasteiger partial charge in [-0.1, -0.05) is 33.6 Å². The minimum Gasteiger partial charge on any atom is -0.310 e. The molecule has 0 aromatic heterocycles. The van der Waals surface area contributed by atoms with Crippen LogP contribution in [0.2, 0.25) is 0 Å². The maximum atomic E-state index is 3.85. The Bertz CT molecular complexity index is 265. The topological polar surface area (TPSA) is 15.3 Å². The molecular formula is C18H36N2. The minimum absolute atomic E-state index is 0.386. The van der Waals surface area contributed by atoms with Crippen LogP contribution >= 0.6 is 0 Å². The quantitative estimate of drug-likeness (QED) is 0.812. The van der Waals surface area contributed by atoms with Gasteiger partial charge in [0.1, 0.15) is 0 Å². The van der Waals surface area contributed by atoms with Crippen LogP contribution in [0, 0.1) is 5.92 Å². The van der Waals surface area contributed by atoms with E-state index in [-0.39, 0.29) is 0 Å². The van der Waals surface area contributed by atoms with Gasteiger partial charge in [-0.2, -0.15) is 0 Å². The molecular weight excluding hydrogens is 244 g/mol. The summed E-state index contributed by atoms with van der Waals surface area (Å²) in [4.78, 5) is 2.84. The van der Waals surface area contributed by atoms with Gasteiger partial charge >= 0.3 is 0 Å². The Kier molecular flexibility index (Phi) is 6.35. The first kappa shape index (κ1) is 16.3. The lowest BCUT2D eigenvalue weighted by Gasteiger charge is -2.41. The molecule has 2 fully saturated rings. The van der Waals surface area contributed by atoms with Gasteiger partial charge in [-0.25, -0.2) is 0 Å². The molecule has 1 aliphatic heterocycles. The summed E-state index contributed by atoms with van der Waals surface area (Å²) in [6.45, 7) is 10.9. The highest BCUT2D eigenvalue weighted by molar-refractivity contribution is 4.93. The first-order chi connectivity index (χ1) is 9.73. The van der Waals surface area contributed by atoms with E-state index in [2.05, 4.69) is 31.0 Å². The van der Waals surface area contributed by atoms with E-state index in [1.807, 2.05) is 0 Å². The van der Waals surface area contributed by atoms with Gasteiger partial charge in [0.2, 0.25) is 0 Å². The average Bonchev–Trinajstić information content (AvgIpc) is 2.72. The van der Waals surface area contributed by atoms with Gasteiger partial charge in [0.15, 0.2) is 0 Å². The standard InChI is InChI=1S/C18H36N2/c1-4-8-16-9-11-17(12-10-16)20-14-7-13-19-18(5-2,6-3)15-20/h16-17,19H,4-15H2,1-3H3. The third-order valence-electron chi connectivity index (χ3n) is 6.01. The largest absolute Gasteiger partial charge is 0.310 e. The zero-order chi connectivity index (χ0) is 14.4. The molecule has 0 aromatic rings. The third kappa shape index (κ3) is 3.98. The lowest BCUT2D eigenvalue weighted by atomic mass is 9.82. The molecule has 20 heavy (non-hydrogen) atoms. The van der Waals surface area contributed by atoms with Crippen LogP contribution in [0.4, 0.5) is 0 Å². The fourth-order valence-electron chi connectivity index (χ4n) is 4.40. The molecule has 118 valence electrons. The van der Waals surface area contributed by atoms with Crippen molar-refractivity contribution in [2.24, 2.45) is 5.92 Å². The van der Waals surface area contributed by atoms with Gasteiger partial charge in [-0.3, -0.25) is 4.90 Å². The van der Waals surface area contributed by atoms with E-state index in [0.29, 0.717) is 5.54 Å². The predicted molar refractivity (Wildman–Crippen MR) is 88.2 cm³/mol. The summed E-state index contributed by atoms with van der Waals surface area (Å²) in [5.74, 6) is 1.03. The molecule has 1 heterocycles. The first-order valence-electron chi connectivity index (χ1n) is 9.22. The zero-order valence-electron chi connectivity index (χ0n) is 14.1. The van der Waals surface area contributed by atoms with E-state index in [9.17, 15) is 0 Å². The highest BCUT2D eigenvalue weighted by Crippen LogP contribution is 2.32. The highest BCUT2D eigenvalue weighted by atomic mass is 15.2. The molecule has 1 saturated carbocycles. The summed E-state index contributed by atoms with van der Waals surface area (Å²) in [5.41, 5.74) is 0.386. The van der Waals surface area contributed by atoms with E-state index >= 15 is 0 Å². The molecule has 0 radical (unpaired) electrons. The van der Waals surface area contributed by atoms with Gasteiger partial charge in [-0.05, 0) is 64.0 Å². The van der Waals surface area contributed by atoms with Crippen molar-refractivity contribution in [1.29, 1.82) is 0 Å². The minimum atomic E-state index is 0.386. The van der Waals surface area contributed by atoms with Gasteiger partial charge < -0.3 is 5.32 Å². The Morgan fingerprint density at radius 3 is 2.35 bits per heavy atom. The van der Waals surface area contributed by atoms with Gasteiger partial charge in [0.05, 0.1) is 0 Å². The molecule has 2 aliphatic rings. The maximum Gasteiger partial charge on any atom is 0.0303 e. The molecule has 0 bridgehead atoms. The molecule has 0 atom stereocenters. The summed E-state index contributed by atoms with van der Waals surface area (Å²) >= 11 is 0. The Morgan fingerprint density at radius 1 is 1.05 bits per heavy atom. The van der Waals surface area contributed by atoms with E-state index in [1.54, 1.807) is 0 Å². The van der Waals surface area contributed by atoms with Crippen molar-refractivity contribution in [3.05, 3.63) is 0 Å². The van der Waals surface area contributed by atoms with Crippen molar-refractivity contribution in [2.75, 3.05) is 19.6 Å². The molecule has 1 saturated heterocycles. The van der Waals surface area contributed by atoms with Crippen LogP contribution in [0.1, 0.15) is 78.6 Å². The Balaban J connectivity index is 1.91. The number of hydrogen-bond donors (Lipinski definition) is 1. The molecule has 2 nitrogen and oxygen atoms in total. The van der Waals surface area contributed by atoms with Crippen molar-refractivity contribution in [3.63, 3.8) is 0 Å². The van der Waals surface area contributed by atoms with Gasteiger partial charge in [0.25, 0.3) is 0 Å². The second-order valence-electron chi connectivity index (χ2n) is 7.20. The van der Waals surface area contributed by atoms with E-state index < -0.39 is 0 Å². The van der Waals surface area contributed by atoms with Gasteiger partial charge in [0, 0.05) is 18.1 Å². The summed E-state index contributed by atoms with van der Waals surface area (Å²) in [5, 5.41) is 3.85. The maximum absolute atomic E-state index is 3.85. The average molecular weight is 280 g/mol. The predicted octanol–water partition coefficient (Wildman–Crippen LogP) is 4.20. The van der Waals surface area contributed by atoms with Crippen molar-refractivity contribution < 1.29 is 0 Å². The van der Waals surface area contributed by atoms with Crippen LogP contribution in [-0.2, 0) is 0 Å². The monoisotopic (exact) mass is 280 g/mol. The molecule has 1 aliphatic carbocycles. The SMILES string of the molecule is CCCC1CCC(N2CCCNC(CC)(CC)C2)CC1. The van der Waals surface area contributed by atoms with Crippen molar-refractivity contribution in [3.8, 4) is 0 Å². The summed E-state index contributed by atoms with van der Waals surface area (Å²) in [6.07, 6.45) is 12.6. The molecule has 0 aromatic carbocycles. The molecule has 1 N–H and O–H groups in total. The lowest BCUT2D eigenvalue weighted by molar-refractivity contribution is 0.106. The van der Waals surface area contributed by atoms with Crippen LogP contribution in [0.15, 0.2) is 0 Å². The van der Waals surface area contributed by atoms with Crippen LogP contribution in [0.3, 0.4) is 0 Å². The van der Waals surface area contributed by atoms with Crippen LogP contribution in [0.5, 0.6) is 0 Å². The third-order valence-corrected chi connectivity index (χ3v) is 6.01. The fraction of sp³-hybridized carbons (Fsp3) is 1.00. The molecule has 0 spiro atoms. The lowest BCUT2D eigenvalue weighted by Crippen LogP contribution is -2.53. The summed E-state index contributed by atoms with van der Waals surface area (Å²) < 4.78 is 0. The Labute approximate surface area is 126 Å². The smallest absolute Gasteiger partial charge is 0.0303 e. The molecule has 0 amide bonds. The Hall–Kier alpha value is -0.0800. The molecule has 0 unspecified atom stereocenters. The highest BCUT2D eigenvalue weighted by Gasteiger charge is 2.34. The fourth-order valence-corrected chi connectivity index (χ4v) is 4.40. The summed E-state index contributed by atoms with van der Waals surface area (Å²) in [7, 11) is 0. The number of nitrogens with zero attached hydrogens (tertiary/aromatic N) is 1. The van der Waals surface area contributed by atoms with Crippen LogP contribution in [-0.4, -0.2) is 36.1 Å². The normalized spacial score (nSPS) is 31.9. The first-order valence-corrected chi connectivity index (χ1v) is 9.22. The van der Waals surface area contributed by atoms with E-state index in [1.165, 1.54) is 77.4 Å². The van der Waals surface area contributed by atoms with Crippen molar-refractivity contribution in [1.82, 2.24) is 10.2 Å². The number of hydrogen-bond acceptors (Lipinski definition) is 2. The second kappa shape index (κ2) is 7.79. The zero-order valence-corrected chi connectivity index (χ0v) is 14.1. The van der Waals surface area contributed by atoms with Crippen LogP contribution < -0.4 is 5.32 Å². The van der Waals surface area contributed by atoms with Crippen molar-refractivity contribution >= 4 is 0 Å². The number of rotatable bonds is 5. The Morgan fingerprint density at radius 2 is 1.75 bits per heavy atom. The second-order valence-corrected chi connectivity index (χ2v) is 7.20. The van der Waals surface area contributed by atoms with Gasteiger partial charge in [-0.15, -0.1) is 0 Å². The van der Waals surface area contributed by atoms with E-state index in [0.717, 1.165) is 12.0 Å². The molecule has 2 heteroatoms. The van der Waals surface area contributed by atoms with E-state index in [4.69, 9.17) is 0 Å².